The average Bonchev–Trinajstić information content (AvgIpc) is 3.40. The van der Waals surface area contributed by atoms with Crippen LogP contribution in [0.2, 0.25) is 5.02 Å². The number of likely N-dealkylation sites (tertiary alicyclic amines) is 1. The van der Waals surface area contributed by atoms with E-state index in [-0.39, 0.29) is 16.2 Å². The molecule has 0 saturated carbocycles. The molecule has 1 atom stereocenters. The van der Waals surface area contributed by atoms with Gasteiger partial charge in [0.25, 0.3) is 10.0 Å². The number of rotatable bonds is 4. The zero-order valence-corrected chi connectivity index (χ0v) is 20.4. The van der Waals surface area contributed by atoms with Crippen molar-refractivity contribution in [2.45, 2.75) is 49.3 Å². The number of aromatic amines is 1. The molecule has 1 aliphatic rings. The number of aromatic nitrogens is 2. The summed E-state index contributed by atoms with van der Waals surface area (Å²) in [4.78, 5) is 21.5. The Morgan fingerprint density at radius 3 is 2.88 bits per heavy atom. The van der Waals surface area contributed by atoms with Crippen LogP contribution in [-0.2, 0) is 14.8 Å². The molecule has 8 nitrogen and oxygen atoms in total. The fourth-order valence-electron chi connectivity index (χ4n) is 3.66. The van der Waals surface area contributed by atoms with Crippen molar-refractivity contribution < 1.29 is 17.9 Å². The van der Waals surface area contributed by atoms with Gasteiger partial charge in [-0.05, 0) is 51.8 Å². The summed E-state index contributed by atoms with van der Waals surface area (Å²) in [5, 5.41) is 1.97. The average molecular weight is 497 g/mol. The van der Waals surface area contributed by atoms with E-state index in [1.165, 1.54) is 6.20 Å². The number of H-pyrrole nitrogens is 1. The van der Waals surface area contributed by atoms with Crippen LogP contribution < -0.4 is 4.72 Å². The van der Waals surface area contributed by atoms with Crippen molar-refractivity contribution in [3.63, 3.8) is 0 Å². The Balaban J connectivity index is 1.50. The third-order valence-corrected chi connectivity index (χ3v) is 8.42. The number of hydrogen-bond donors (Lipinski definition) is 2. The normalized spacial score (nSPS) is 17.5. The van der Waals surface area contributed by atoms with Crippen molar-refractivity contribution in [1.29, 1.82) is 0 Å². The fraction of sp³-hybridized carbons (Fsp3) is 0.429. The first-order valence-corrected chi connectivity index (χ1v) is 12.9. The molecule has 4 rings (SSSR count). The minimum Gasteiger partial charge on any atom is -0.444 e. The summed E-state index contributed by atoms with van der Waals surface area (Å²) in [6.45, 7) is 6.57. The van der Waals surface area contributed by atoms with Crippen LogP contribution in [0, 0.1) is 0 Å². The lowest BCUT2D eigenvalue weighted by atomic mass is 9.99. The molecule has 0 radical (unpaired) electrons. The molecule has 1 amide bonds. The number of piperidine rings is 1. The highest BCUT2D eigenvalue weighted by Gasteiger charge is 2.31. The van der Waals surface area contributed by atoms with Crippen molar-refractivity contribution in [2.24, 2.45) is 0 Å². The van der Waals surface area contributed by atoms with Crippen LogP contribution in [0.4, 0.5) is 10.5 Å². The van der Waals surface area contributed by atoms with Gasteiger partial charge in [-0.2, -0.15) is 0 Å². The Morgan fingerprint density at radius 2 is 2.12 bits per heavy atom. The molecular weight excluding hydrogens is 472 g/mol. The first kappa shape index (κ1) is 22.9. The van der Waals surface area contributed by atoms with Gasteiger partial charge >= 0.3 is 6.09 Å². The van der Waals surface area contributed by atoms with E-state index in [1.807, 2.05) is 20.8 Å². The van der Waals surface area contributed by atoms with Crippen LogP contribution in [0.1, 0.15) is 44.5 Å². The van der Waals surface area contributed by atoms with E-state index in [0.29, 0.717) is 34.3 Å². The standard InChI is InChI=1S/C21H25ClN4O4S2/c1-21(2,3)30-20(27)26-10-4-5-13(12-26)19-24-11-17(31-19)32(28,29)25-16-7-6-15(22)14-8-9-23-18(14)16/h6-9,11,13,23,25H,4-5,10,12H2,1-3H3. The lowest BCUT2D eigenvalue weighted by molar-refractivity contribution is 0.0198. The predicted molar refractivity (Wildman–Crippen MR) is 126 cm³/mol. The van der Waals surface area contributed by atoms with E-state index >= 15 is 0 Å². The summed E-state index contributed by atoms with van der Waals surface area (Å²) in [6.07, 6.45) is 4.36. The van der Waals surface area contributed by atoms with Gasteiger partial charge in [0.05, 0.1) is 27.4 Å². The number of nitrogens with zero attached hydrogens (tertiary/aromatic N) is 2. The summed E-state index contributed by atoms with van der Waals surface area (Å²) in [5.74, 6) is -0.0316. The second-order valence-corrected chi connectivity index (χ2v) is 12.1. The van der Waals surface area contributed by atoms with Gasteiger partial charge in [0, 0.05) is 30.6 Å². The van der Waals surface area contributed by atoms with Crippen molar-refractivity contribution in [3.8, 4) is 0 Å². The van der Waals surface area contributed by atoms with Gasteiger partial charge in [-0.25, -0.2) is 18.2 Å². The molecule has 0 aliphatic carbocycles. The molecule has 172 valence electrons. The fourth-order valence-corrected chi connectivity index (χ4v) is 6.23. The molecule has 1 aliphatic heterocycles. The van der Waals surface area contributed by atoms with Crippen LogP contribution in [0.25, 0.3) is 10.9 Å². The monoisotopic (exact) mass is 496 g/mol. The third-order valence-electron chi connectivity index (χ3n) is 5.10. The maximum Gasteiger partial charge on any atom is 0.410 e. The first-order valence-electron chi connectivity index (χ1n) is 10.3. The topological polar surface area (TPSA) is 104 Å². The van der Waals surface area contributed by atoms with E-state index in [9.17, 15) is 13.2 Å². The van der Waals surface area contributed by atoms with Crippen LogP contribution in [0.5, 0.6) is 0 Å². The van der Waals surface area contributed by atoms with E-state index in [4.69, 9.17) is 16.3 Å². The van der Waals surface area contributed by atoms with Crippen LogP contribution in [0.15, 0.2) is 34.8 Å². The number of benzene rings is 1. The van der Waals surface area contributed by atoms with Crippen molar-refractivity contribution in [2.75, 3.05) is 17.8 Å². The lowest BCUT2D eigenvalue weighted by Gasteiger charge is -2.33. The molecule has 1 fully saturated rings. The molecule has 1 unspecified atom stereocenters. The Bertz CT molecular complexity index is 1250. The van der Waals surface area contributed by atoms with Gasteiger partial charge in [-0.1, -0.05) is 11.6 Å². The van der Waals surface area contributed by atoms with E-state index < -0.39 is 15.6 Å². The Hall–Kier alpha value is -2.30. The van der Waals surface area contributed by atoms with Gasteiger partial charge in [0.15, 0.2) is 4.21 Å². The van der Waals surface area contributed by atoms with Gasteiger partial charge in [-0.3, -0.25) is 4.72 Å². The molecular formula is C21H25ClN4O4S2. The number of carbonyl (C=O) groups excluding carboxylic acids is 1. The van der Waals surface area contributed by atoms with Gasteiger partial charge in [-0.15, -0.1) is 11.3 Å². The summed E-state index contributed by atoms with van der Waals surface area (Å²) in [7, 11) is -3.83. The molecule has 32 heavy (non-hydrogen) atoms. The first-order chi connectivity index (χ1) is 15.0. The van der Waals surface area contributed by atoms with E-state index in [0.717, 1.165) is 29.6 Å². The molecule has 3 heterocycles. The number of sulfonamides is 1. The summed E-state index contributed by atoms with van der Waals surface area (Å²) < 4.78 is 34.2. The number of ether oxygens (including phenoxy) is 1. The van der Waals surface area contributed by atoms with Gasteiger partial charge in [0.2, 0.25) is 0 Å². The predicted octanol–water partition coefficient (Wildman–Crippen LogP) is 5.19. The molecule has 1 aromatic carbocycles. The number of thiazole rings is 1. The number of amides is 1. The lowest BCUT2D eigenvalue weighted by Crippen LogP contribution is -2.42. The molecule has 1 saturated heterocycles. The summed E-state index contributed by atoms with van der Waals surface area (Å²) in [5.41, 5.74) is 0.467. The molecule has 2 aromatic heterocycles. The summed E-state index contributed by atoms with van der Waals surface area (Å²) in [6, 6.07) is 5.07. The second kappa shape index (κ2) is 8.57. The molecule has 0 bridgehead atoms. The Kier molecular flexibility index (Phi) is 6.12. The third kappa shape index (κ3) is 4.87. The van der Waals surface area contributed by atoms with Crippen molar-refractivity contribution >= 4 is 55.6 Å². The SMILES string of the molecule is CC(C)(C)OC(=O)N1CCCC(c2ncc(S(=O)(=O)Nc3ccc(Cl)c4cc[nH]c34)s2)C1. The highest BCUT2D eigenvalue weighted by atomic mass is 35.5. The maximum absolute atomic E-state index is 13.0. The van der Waals surface area contributed by atoms with E-state index in [1.54, 1.807) is 29.3 Å². The number of halogens is 1. The second-order valence-electron chi connectivity index (χ2n) is 8.75. The zero-order chi connectivity index (χ0) is 23.1. The maximum atomic E-state index is 13.0. The largest absolute Gasteiger partial charge is 0.444 e. The molecule has 3 aromatic rings. The Labute approximate surface area is 196 Å². The highest BCUT2D eigenvalue weighted by Crippen LogP contribution is 2.34. The highest BCUT2D eigenvalue weighted by molar-refractivity contribution is 7.94. The zero-order valence-electron chi connectivity index (χ0n) is 18.0. The van der Waals surface area contributed by atoms with Gasteiger partial charge in [0.1, 0.15) is 5.60 Å². The Morgan fingerprint density at radius 1 is 1.34 bits per heavy atom. The number of hydrogen-bond acceptors (Lipinski definition) is 6. The minimum absolute atomic E-state index is 0.0316. The minimum atomic E-state index is -3.83. The van der Waals surface area contributed by atoms with Crippen LogP contribution in [-0.4, -0.2) is 48.1 Å². The van der Waals surface area contributed by atoms with Crippen molar-refractivity contribution in [3.05, 3.63) is 40.6 Å². The number of fused-ring (bicyclic) bond motifs is 1. The van der Waals surface area contributed by atoms with Crippen molar-refractivity contribution in [1.82, 2.24) is 14.9 Å². The van der Waals surface area contributed by atoms with E-state index in [2.05, 4.69) is 14.7 Å². The molecule has 11 heteroatoms. The number of anilines is 1. The quantitative estimate of drug-likeness (QED) is 0.517. The van der Waals surface area contributed by atoms with Crippen LogP contribution in [0.3, 0.4) is 0 Å². The molecule has 2 N–H and O–H groups in total. The summed E-state index contributed by atoms with van der Waals surface area (Å²) >= 11 is 7.30. The smallest absolute Gasteiger partial charge is 0.410 e. The van der Waals surface area contributed by atoms with Gasteiger partial charge < -0.3 is 14.6 Å². The molecule has 0 spiro atoms. The van der Waals surface area contributed by atoms with Crippen LogP contribution >= 0.6 is 22.9 Å². The number of carbonyl (C=O) groups is 1. The number of nitrogens with one attached hydrogen (secondary N) is 2.